The normalized spacial score (nSPS) is 15.0. The largest absolute Gasteiger partial charge is 0.494 e. The Bertz CT molecular complexity index is 1420. The number of nitriles is 1. The number of anilines is 1. The first kappa shape index (κ1) is 36.1. The lowest BCUT2D eigenvalue weighted by Gasteiger charge is -2.43. The third kappa shape index (κ3) is 9.09. The smallest absolute Gasteiger partial charge is 0.270 e. The summed E-state index contributed by atoms with van der Waals surface area (Å²) in [5, 5.41) is 29.3. The number of nitro groups is 1. The Balaban J connectivity index is 1.80. The van der Waals surface area contributed by atoms with Crippen LogP contribution in [0.2, 0.25) is 0 Å². The van der Waals surface area contributed by atoms with E-state index in [-0.39, 0.29) is 22.5 Å². The standard InChI is InChI=1S/C34H48N5O5P/c1-10-16-43-45(33(23(2)3)24(4)5)44-17-12-11-15-38-31-20-32(42-9)30(19-28(31)25(6)21-34(38,7)8)37-36-29-14-13-27(39(40)41)18-26(29)22-35/h13-14,18-21,23-24,33H,10-12,15-17H2,1-9H3. The number of nitro benzene ring substituents is 1. The van der Waals surface area contributed by atoms with E-state index in [0.717, 1.165) is 49.2 Å². The Morgan fingerprint density at radius 1 is 1.04 bits per heavy atom. The molecule has 0 spiro atoms. The molecule has 0 radical (unpaired) electrons. The summed E-state index contributed by atoms with van der Waals surface area (Å²) in [7, 11) is 0.637. The van der Waals surface area contributed by atoms with Gasteiger partial charge in [0.25, 0.3) is 5.69 Å². The number of azo groups is 1. The van der Waals surface area contributed by atoms with Crippen molar-refractivity contribution in [2.75, 3.05) is 31.8 Å². The molecule has 1 aliphatic rings. The molecular weight excluding hydrogens is 589 g/mol. The van der Waals surface area contributed by atoms with Gasteiger partial charge in [-0.2, -0.15) is 5.26 Å². The maximum atomic E-state index is 11.1. The molecule has 0 aliphatic carbocycles. The second-order valence-corrected chi connectivity index (χ2v) is 14.3. The van der Waals surface area contributed by atoms with Gasteiger partial charge < -0.3 is 18.7 Å². The minimum atomic E-state index is -0.953. The number of benzene rings is 2. The van der Waals surface area contributed by atoms with Crippen LogP contribution in [0.3, 0.4) is 0 Å². The highest BCUT2D eigenvalue weighted by atomic mass is 31.2. The summed E-state index contributed by atoms with van der Waals surface area (Å²) in [4.78, 5) is 13.0. The van der Waals surface area contributed by atoms with Gasteiger partial charge in [0.05, 0.1) is 36.3 Å². The fourth-order valence-corrected chi connectivity index (χ4v) is 7.90. The van der Waals surface area contributed by atoms with Gasteiger partial charge in [0, 0.05) is 41.7 Å². The van der Waals surface area contributed by atoms with Crippen molar-refractivity contribution in [3.8, 4) is 11.8 Å². The number of hydrogen-bond acceptors (Lipinski definition) is 9. The van der Waals surface area contributed by atoms with Crippen molar-refractivity contribution in [3.63, 3.8) is 0 Å². The zero-order chi connectivity index (χ0) is 33.3. The highest BCUT2D eigenvalue weighted by Gasteiger charge is 2.33. The zero-order valence-electron chi connectivity index (χ0n) is 28.2. The fourth-order valence-electron chi connectivity index (χ4n) is 5.84. The number of ether oxygens (including phenoxy) is 1. The third-order valence-electron chi connectivity index (χ3n) is 7.88. The number of nitrogens with zero attached hydrogens (tertiary/aromatic N) is 5. The number of unbranched alkanes of at least 4 members (excludes halogenated alkanes) is 1. The fraction of sp³-hybridized carbons (Fsp3) is 0.559. The van der Waals surface area contributed by atoms with E-state index in [2.05, 4.69) is 76.6 Å². The van der Waals surface area contributed by atoms with Crippen molar-refractivity contribution in [1.82, 2.24) is 0 Å². The maximum absolute atomic E-state index is 11.1. The van der Waals surface area contributed by atoms with Crippen molar-refractivity contribution < 1.29 is 18.7 Å². The Morgan fingerprint density at radius 2 is 1.71 bits per heavy atom. The molecule has 3 rings (SSSR count). The zero-order valence-corrected chi connectivity index (χ0v) is 29.1. The van der Waals surface area contributed by atoms with Crippen LogP contribution >= 0.6 is 8.38 Å². The van der Waals surface area contributed by atoms with Gasteiger partial charge in [0.15, 0.2) is 8.38 Å². The van der Waals surface area contributed by atoms with E-state index in [1.54, 1.807) is 7.11 Å². The van der Waals surface area contributed by atoms with Crippen LogP contribution in [-0.2, 0) is 9.05 Å². The van der Waals surface area contributed by atoms with Gasteiger partial charge in [0.2, 0.25) is 0 Å². The van der Waals surface area contributed by atoms with Crippen LogP contribution in [0, 0.1) is 33.3 Å². The molecule has 2 aromatic rings. The van der Waals surface area contributed by atoms with E-state index >= 15 is 0 Å². The first-order chi connectivity index (χ1) is 21.3. The Hall–Kier alpha value is -3.38. The lowest BCUT2D eigenvalue weighted by molar-refractivity contribution is -0.384. The number of hydrogen-bond donors (Lipinski definition) is 0. The highest BCUT2D eigenvalue weighted by Crippen LogP contribution is 2.50. The summed E-state index contributed by atoms with van der Waals surface area (Å²) >= 11 is 0. The van der Waals surface area contributed by atoms with E-state index in [1.165, 1.54) is 18.2 Å². The lowest BCUT2D eigenvalue weighted by atomic mass is 9.88. The monoisotopic (exact) mass is 637 g/mol. The summed E-state index contributed by atoms with van der Waals surface area (Å²) in [6.07, 6.45) is 5.10. The predicted octanol–water partition coefficient (Wildman–Crippen LogP) is 10.1. The van der Waals surface area contributed by atoms with Crippen molar-refractivity contribution in [2.45, 2.75) is 85.9 Å². The number of fused-ring (bicyclic) bond motifs is 1. The maximum Gasteiger partial charge on any atom is 0.270 e. The Morgan fingerprint density at radius 3 is 2.31 bits per heavy atom. The number of rotatable bonds is 16. The molecule has 1 heterocycles. The van der Waals surface area contributed by atoms with Crippen LogP contribution in [0.5, 0.6) is 5.75 Å². The molecule has 11 heteroatoms. The molecule has 244 valence electrons. The molecular formula is C34H48N5O5P. The van der Waals surface area contributed by atoms with Crippen molar-refractivity contribution in [3.05, 3.63) is 57.6 Å². The number of methoxy groups -OCH3 is 1. The molecule has 0 fully saturated rings. The Labute approximate surface area is 269 Å². The molecule has 0 N–H and O–H groups in total. The molecule has 0 amide bonds. The Kier molecular flexibility index (Phi) is 13.0. The molecule has 45 heavy (non-hydrogen) atoms. The van der Waals surface area contributed by atoms with Gasteiger partial charge in [-0.3, -0.25) is 10.1 Å². The summed E-state index contributed by atoms with van der Waals surface area (Å²) in [5.74, 6) is 1.54. The van der Waals surface area contributed by atoms with Crippen molar-refractivity contribution >= 4 is 36.7 Å². The second kappa shape index (κ2) is 16.3. The molecule has 0 aromatic heterocycles. The highest BCUT2D eigenvalue weighted by molar-refractivity contribution is 7.48. The van der Waals surface area contributed by atoms with Gasteiger partial charge in [0.1, 0.15) is 23.2 Å². The SMILES string of the molecule is CCCOP(OCCCCN1c2cc(OC)c(N=Nc3ccc([N+](=O)[O-])cc3C#N)cc2C(C)=CC1(C)C)C(C(C)C)C(C)C. The minimum Gasteiger partial charge on any atom is -0.494 e. The van der Waals surface area contributed by atoms with Crippen LogP contribution in [0.15, 0.2) is 46.6 Å². The van der Waals surface area contributed by atoms with Gasteiger partial charge in [-0.15, -0.1) is 10.2 Å². The average Bonchev–Trinajstić information content (AvgIpc) is 2.98. The first-order valence-corrected chi connectivity index (χ1v) is 16.9. The first-order valence-electron chi connectivity index (χ1n) is 15.7. The van der Waals surface area contributed by atoms with E-state index in [4.69, 9.17) is 13.8 Å². The van der Waals surface area contributed by atoms with Crippen LogP contribution in [0.1, 0.15) is 85.8 Å². The predicted molar refractivity (Wildman–Crippen MR) is 182 cm³/mol. The summed E-state index contributed by atoms with van der Waals surface area (Å²) in [6, 6.07) is 9.84. The minimum absolute atomic E-state index is 0.0753. The topological polar surface area (TPSA) is 123 Å². The van der Waals surface area contributed by atoms with Crippen LogP contribution in [0.4, 0.5) is 22.7 Å². The van der Waals surface area contributed by atoms with Gasteiger partial charge in [-0.25, -0.2) is 0 Å². The summed E-state index contributed by atoms with van der Waals surface area (Å²) in [6.45, 7) is 19.9. The molecule has 0 saturated heterocycles. The molecule has 0 bridgehead atoms. The van der Waals surface area contributed by atoms with Crippen molar-refractivity contribution in [2.24, 2.45) is 22.1 Å². The third-order valence-corrected chi connectivity index (χ3v) is 10.4. The second-order valence-electron chi connectivity index (χ2n) is 12.6. The summed E-state index contributed by atoms with van der Waals surface area (Å²) < 4.78 is 18.4. The van der Waals surface area contributed by atoms with Gasteiger partial charge in [-0.05, 0) is 69.6 Å². The summed E-state index contributed by atoms with van der Waals surface area (Å²) in [5.41, 5.74) is 4.03. The molecule has 0 saturated carbocycles. The van der Waals surface area contributed by atoms with E-state index in [9.17, 15) is 15.4 Å². The molecule has 1 aliphatic heterocycles. The lowest BCUT2D eigenvalue weighted by Crippen LogP contribution is -2.45. The van der Waals surface area contributed by atoms with E-state index < -0.39 is 13.3 Å². The van der Waals surface area contributed by atoms with Crippen LogP contribution in [-0.4, -0.2) is 43.0 Å². The number of non-ortho nitro benzene ring substituents is 1. The van der Waals surface area contributed by atoms with Crippen LogP contribution < -0.4 is 9.64 Å². The van der Waals surface area contributed by atoms with Crippen molar-refractivity contribution in [1.29, 1.82) is 5.26 Å². The van der Waals surface area contributed by atoms with Gasteiger partial charge >= 0.3 is 0 Å². The molecule has 1 unspecified atom stereocenters. The molecule has 10 nitrogen and oxygen atoms in total. The van der Waals surface area contributed by atoms with E-state index in [1.807, 2.05) is 18.2 Å². The average molecular weight is 638 g/mol. The quantitative estimate of drug-likeness (QED) is 0.0590. The van der Waals surface area contributed by atoms with E-state index in [0.29, 0.717) is 35.5 Å². The molecule has 2 aromatic carbocycles. The molecule has 1 atom stereocenters. The number of allylic oxidation sites excluding steroid dienone is 1. The van der Waals surface area contributed by atoms with Gasteiger partial charge in [-0.1, -0.05) is 40.7 Å². The van der Waals surface area contributed by atoms with Crippen LogP contribution in [0.25, 0.3) is 5.57 Å².